The van der Waals surface area contributed by atoms with Gasteiger partial charge in [-0.3, -0.25) is 0 Å². The van der Waals surface area contributed by atoms with E-state index in [-0.39, 0.29) is 0 Å². The van der Waals surface area contributed by atoms with Gasteiger partial charge in [-0.15, -0.1) is 0 Å². The third kappa shape index (κ3) is 4.46. The Morgan fingerprint density at radius 2 is 2.10 bits per heavy atom. The van der Waals surface area contributed by atoms with Crippen LogP contribution < -0.4 is 10.2 Å². The molecule has 1 aliphatic rings. The van der Waals surface area contributed by atoms with Crippen LogP contribution in [0.4, 0.5) is 5.82 Å². The molecule has 4 heteroatoms. The Morgan fingerprint density at radius 3 is 2.70 bits per heavy atom. The average molecular weight is 277 g/mol. The fourth-order valence-corrected chi connectivity index (χ4v) is 2.61. The van der Waals surface area contributed by atoms with E-state index in [4.69, 9.17) is 4.74 Å². The largest absolute Gasteiger partial charge is 0.378 e. The van der Waals surface area contributed by atoms with Crippen molar-refractivity contribution in [2.24, 2.45) is 0 Å². The Hall–Kier alpha value is -1.13. The van der Waals surface area contributed by atoms with Crippen LogP contribution in [-0.4, -0.2) is 37.3 Å². The lowest BCUT2D eigenvalue weighted by atomic mass is 10.1. The molecule has 0 aromatic carbocycles. The molecule has 1 N–H and O–H groups in total. The number of hydrogen-bond acceptors (Lipinski definition) is 4. The van der Waals surface area contributed by atoms with E-state index in [0.717, 1.165) is 51.4 Å². The number of nitrogens with zero attached hydrogens (tertiary/aromatic N) is 2. The fourth-order valence-electron chi connectivity index (χ4n) is 2.61. The quantitative estimate of drug-likeness (QED) is 0.777. The maximum atomic E-state index is 5.69. The van der Waals surface area contributed by atoms with Gasteiger partial charge in [-0.25, -0.2) is 4.98 Å². The summed E-state index contributed by atoms with van der Waals surface area (Å²) in [7, 11) is 0. The van der Waals surface area contributed by atoms with Crippen molar-refractivity contribution < 1.29 is 4.74 Å². The number of aromatic nitrogens is 1. The molecule has 1 aromatic heterocycles. The summed E-state index contributed by atoms with van der Waals surface area (Å²) in [4.78, 5) is 6.96. The van der Waals surface area contributed by atoms with Crippen molar-refractivity contribution in [2.75, 3.05) is 31.1 Å². The van der Waals surface area contributed by atoms with Gasteiger partial charge in [0, 0.05) is 32.4 Å². The molecular formula is C16H27N3O. The molecule has 1 aromatic rings. The van der Waals surface area contributed by atoms with Gasteiger partial charge in [0.2, 0.25) is 0 Å². The molecule has 0 atom stereocenters. The van der Waals surface area contributed by atoms with Crippen LogP contribution in [0, 0.1) is 0 Å². The molecule has 20 heavy (non-hydrogen) atoms. The Labute approximate surface area is 122 Å². The van der Waals surface area contributed by atoms with Crippen LogP contribution in [0.25, 0.3) is 0 Å². The van der Waals surface area contributed by atoms with E-state index in [1.807, 2.05) is 6.20 Å². The number of nitrogens with one attached hydrogen (secondary N) is 1. The first-order valence-corrected chi connectivity index (χ1v) is 7.85. The molecule has 4 nitrogen and oxygen atoms in total. The number of ether oxygens (including phenoxy) is 1. The van der Waals surface area contributed by atoms with E-state index in [2.05, 4.69) is 41.2 Å². The minimum Gasteiger partial charge on any atom is -0.378 e. The minimum absolute atomic E-state index is 0.439. The first-order chi connectivity index (χ1) is 9.83. The predicted octanol–water partition coefficient (Wildman–Crippen LogP) is 2.59. The van der Waals surface area contributed by atoms with E-state index in [9.17, 15) is 0 Å². The Morgan fingerprint density at radius 1 is 1.30 bits per heavy atom. The fraction of sp³-hybridized carbons (Fsp3) is 0.688. The second kappa shape index (κ2) is 8.22. The molecule has 0 amide bonds. The number of pyridine rings is 1. The lowest BCUT2D eigenvalue weighted by Gasteiger charge is -2.32. The Kier molecular flexibility index (Phi) is 6.27. The van der Waals surface area contributed by atoms with Gasteiger partial charge in [-0.05, 0) is 44.4 Å². The second-order valence-corrected chi connectivity index (χ2v) is 5.34. The summed E-state index contributed by atoms with van der Waals surface area (Å²) < 4.78 is 5.69. The second-order valence-electron chi connectivity index (χ2n) is 5.34. The number of piperidine rings is 1. The lowest BCUT2D eigenvalue weighted by Crippen LogP contribution is -2.37. The molecule has 1 saturated heterocycles. The number of rotatable bonds is 7. The first-order valence-electron chi connectivity index (χ1n) is 7.85. The van der Waals surface area contributed by atoms with E-state index in [0.29, 0.717) is 6.10 Å². The van der Waals surface area contributed by atoms with Crippen molar-refractivity contribution in [3.05, 3.63) is 23.9 Å². The molecule has 1 fully saturated rings. The highest BCUT2D eigenvalue weighted by molar-refractivity contribution is 5.39. The van der Waals surface area contributed by atoms with E-state index in [1.54, 1.807) is 0 Å². The van der Waals surface area contributed by atoms with Crippen molar-refractivity contribution in [3.63, 3.8) is 0 Å². The van der Waals surface area contributed by atoms with Crippen molar-refractivity contribution in [3.8, 4) is 0 Å². The summed E-state index contributed by atoms with van der Waals surface area (Å²) in [5.41, 5.74) is 1.26. The Bertz CT molecular complexity index is 372. The van der Waals surface area contributed by atoms with Crippen molar-refractivity contribution >= 4 is 5.82 Å². The highest BCUT2D eigenvalue weighted by atomic mass is 16.5. The molecule has 112 valence electrons. The predicted molar refractivity (Wildman–Crippen MR) is 83.1 cm³/mol. The van der Waals surface area contributed by atoms with Crippen LogP contribution in [0.15, 0.2) is 18.3 Å². The molecule has 0 spiro atoms. The monoisotopic (exact) mass is 277 g/mol. The summed E-state index contributed by atoms with van der Waals surface area (Å²) in [5.74, 6) is 1.10. The molecule has 2 heterocycles. The van der Waals surface area contributed by atoms with Crippen LogP contribution in [0.3, 0.4) is 0 Å². The van der Waals surface area contributed by atoms with Crippen LogP contribution in [-0.2, 0) is 11.3 Å². The smallest absolute Gasteiger partial charge is 0.128 e. The van der Waals surface area contributed by atoms with Crippen molar-refractivity contribution in [1.82, 2.24) is 10.3 Å². The molecule has 0 radical (unpaired) electrons. The number of anilines is 1. The van der Waals surface area contributed by atoms with Gasteiger partial charge in [0.05, 0.1) is 6.10 Å². The molecular weight excluding hydrogens is 250 g/mol. The van der Waals surface area contributed by atoms with Gasteiger partial charge in [0.15, 0.2) is 0 Å². The maximum Gasteiger partial charge on any atom is 0.128 e. The minimum atomic E-state index is 0.439. The van der Waals surface area contributed by atoms with Gasteiger partial charge < -0.3 is 15.0 Å². The zero-order valence-electron chi connectivity index (χ0n) is 12.8. The molecule has 0 aliphatic carbocycles. The first kappa shape index (κ1) is 15.3. The van der Waals surface area contributed by atoms with Crippen LogP contribution >= 0.6 is 0 Å². The van der Waals surface area contributed by atoms with Gasteiger partial charge in [-0.1, -0.05) is 13.0 Å². The molecule has 0 bridgehead atoms. The van der Waals surface area contributed by atoms with Crippen LogP contribution in [0.1, 0.15) is 38.7 Å². The van der Waals surface area contributed by atoms with Gasteiger partial charge in [0.25, 0.3) is 0 Å². The lowest BCUT2D eigenvalue weighted by molar-refractivity contribution is 0.0458. The zero-order chi connectivity index (χ0) is 14.2. The van der Waals surface area contributed by atoms with Crippen LogP contribution in [0.5, 0.6) is 0 Å². The summed E-state index contributed by atoms with van der Waals surface area (Å²) in [6.07, 6.45) is 5.81. The summed E-state index contributed by atoms with van der Waals surface area (Å²) in [5, 5.41) is 3.40. The topological polar surface area (TPSA) is 37.4 Å². The zero-order valence-corrected chi connectivity index (χ0v) is 12.8. The van der Waals surface area contributed by atoms with E-state index in [1.165, 1.54) is 12.0 Å². The SMILES string of the molecule is CCCNCc1ccc(N2CCC(OCC)CC2)nc1. The van der Waals surface area contributed by atoms with Gasteiger partial charge in [-0.2, -0.15) is 0 Å². The standard InChI is InChI=1S/C16H27N3O/c1-3-9-17-12-14-5-6-16(18-13-14)19-10-7-15(8-11-19)20-4-2/h5-6,13,15,17H,3-4,7-12H2,1-2H3. The highest BCUT2D eigenvalue weighted by Crippen LogP contribution is 2.19. The van der Waals surface area contributed by atoms with Gasteiger partial charge >= 0.3 is 0 Å². The summed E-state index contributed by atoms with van der Waals surface area (Å²) >= 11 is 0. The maximum absolute atomic E-state index is 5.69. The van der Waals surface area contributed by atoms with E-state index >= 15 is 0 Å². The normalized spacial score (nSPS) is 16.6. The summed E-state index contributed by atoms with van der Waals surface area (Å²) in [6.45, 7) is 9.14. The number of hydrogen-bond donors (Lipinski definition) is 1. The molecule has 2 rings (SSSR count). The average Bonchev–Trinajstić information content (AvgIpc) is 2.49. The third-order valence-electron chi connectivity index (χ3n) is 3.73. The van der Waals surface area contributed by atoms with E-state index < -0.39 is 0 Å². The van der Waals surface area contributed by atoms with Gasteiger partial charge in [0.1, 0.15) is 5.82 Å². The summed E-state index contributed by atoms with van der Waals surface area (Å²) in [6, 6.07) is 4.32. The van der Waals surface area contributed by atoms with Crippen LogP contribution in [0.2, 0.25) is 0 Å². The van der Waals surface area contributed by atoms with Crippen molar-refractivity contribution in [2.45, 2.75) is 45.8 Å². The van der Waals surface area contributed by atoms with Crippen molar-refractivity contribution in [1.29, 1.82) is 0 Å². The molecule has 0 unspecified atom stereocenters. The molecule has 1 aliphatic heterocycles. The third-order valence-corrected chi connectivity index (χ3v) is 3.73. The molecule has 0 saturated carbocycles. The Balaban J connectivity index is 1.81. The highest BCUT2D eigenvalue weighted by Gasteiger charge is 2.19.